The summed E-state index contributed by atoms with van der Waals surface area (Å²) in [6.45, 7) is 8.34. The summed E-state index contributed by atoms with van der Waals surface area (Å²) in [6, 6.07) is 0. The van der Waals surface area contributed by atoms with E-state index in [9.17, 15) is 0 Å². The molecule has 0 bridgehead atoms. The Hall–Kier alpha value is 0.205. The average molecular weight is 317 g/mol. The topological polar surface area (TPSA) is 18.5 Å². The molecule has 0 atom stereocenters. The van der Waals surface area contributed by atoms with Gasteiger partial charge in [-0.15, -0.1) is 0 Å². The van der Waals surface area contributed by atoms with Crippen LogP contribution in [0.5, 0.6) is 0 Å². The lowest BCUT2D eigenvalue weighted by atomic mass is 9.89. The van der Waals surface area contributed by atoms with E-state index in [1.807, 2.05) is 0 Å². The minimum Gasteiger partial charge on any atom is -0.400 e. The molecule has 0 saturated carbocycles. The number of hydrogen-bond acceptors (Lipinski definition) is 2. The van der Waals surface area contributed by atoms with Crippen LogP contribution in [0.2, 0.25) is 0 Å². The van der Waals surface area contributed by atoms with Crippen molar-refractivity contribution < 1.29 is 9.31 Å². The number of hydrogen-bond donors (Lipinski definition) is 0. The third-order valence-electron chi connectivity index (χ3n) is 3.82. The van der Waals surface area contributed by atoms with E-state index in [-0.39, 0.29) is 18.3 Å². The maximum Gasteiger partial charge on any atom is 0.486 e. The van der Waals surface area contributed by atoms with Crippen molar-refractivity contribution in [2.24, 2.45) is 0 Å². The second-order valence-electron chi connectivity index (χ2n) is 5.94. The largest absolute Gasteiger partial charge is 0.486 e. The molecule has 2 nitrogen and oxygen atoms in total. The van der Waals surface area contributed by atoms with Crippen LogP contribution in [-0.4, -0.2) is 23.7 Å². The van der Waals surface area contributed by atoms with Crippen LogP contribution >= 0.6 is 15.9 Å². The summed E-state index contributed by atoms with van der Waals surface area (Å²) in [4.78, 5) is 0. The lowest BCUT2D eigenvalue weighted by Gasteiger charge is -2.32. The van der Waals surface area contributed by atoms with E-state index in [1.165, 1.54) is 25.7 Å². The fraction of sp³-hybridized carbons (Fsp3) is 0.857. The molecule has 0 aliphatic carbocycles. The Kier molecular flexibility index (Phi) is 6.42. The molecule has 0 aromatic rings. The molecule has 0 N–H and O–H groups in total. The molecule has 0 aromatic carbocycles. The van der Waals surface area contributed by atoms with Gasteiger partial charge in [0.15, 0.2) is 0 Å². The first kappa shape index (κ1) is 16.3. The van der Waals surface area contributed by atoms with Gasteiger partial charge in [0.25, 0.3) is 0 Å². The molecule has 1 saturated heterocycles. The third kappa shape index (κ3) is 4.71. The predicted molar refractivity (Wildman–Crippen MR) is 82.1 cm³/mol. The van der Waals surface area contributed by atoms with Gasteiger partial charge in [-0.3, -0.25) is 0 Å². The van der Waals surface area contributed by atoms with Crippen LogP contribution in [0, 0.1) is 0 Å². The number of unbranched alkanes of at least 4 members (excludes halogenated alkanes) is 4. The highest BCUT2D eigenvalue weighted by Gasteiger charge is 2.49. The molecule has 0 spiro atoms. The van der Waals surface area contributed by atoms with Gasteiger partial charge in [0.2, 0.25) is 0 Å². The van der Waals surface area contributed by atoms with Gasteiger partial charge in [0.1, 0.15) is 0 Å². The monoisotopic (exact) mass is 316 g/mol. The van der Waals surface area contributed by atoms with Crippen molar-refractivity contribution in [3.8, 4) is 0 Å². The Morgan fingerprint density at radius 2 is 1.50 bits per heavy atom. The van der Waals surface area contributed by atoms with E-state index in [2.05, 4.69) is 55.7 Å². The fourth-order valence-electron chi connectivity index (χ4n) is 1.88. The third-order valence-corrected chi connectivity index (χ3v) is 4.38. The fourth-order valence-corrected chi connectivity index (χ4v) is 2.28. The quantitative estimate of drug-likeness (QED) is 0.390. The lowest BCUT2D eigenvalue weighted by Crippen LogP contribution is -2.41. The Morgan fingerprint density at radius 3 is 2.06 bits per heavy atom. The molecule has 4 heteroatoms. The molecular formula is C14H26BBrO2. The van der Waals surface area contributed by atoms with E-state index in [0.29, 0.717) is 0 Å². The van der Waals surface area contributed by atoms with Crippen molar-refractivity contribution in [2.45, 2.75) is 71.0 Å². The van der Waals surface area contributed by atoms with E-state index in [0.717, 1.165) is 11.8 Å². The van der Waals surface area contributed by atoms with E-state index in [4.69, 9.17) is 9.31 Å². The maximum atomic E-state index is 5.89. The van der Waals surface area contributed by atoms with E-state index >= 15 is 0 Å². The molecule has 1 aliphatic heterocycles. The van der Waals surface area contributed by atoms with Gasteiger partial charge in [-0.25, -0.2) is 0 Å². The summed E-state index contributed by atoms with van der Waals surface area (Å²) in [5, 5.41) is 1.12. The van der Waals surface area contributed by atoms with Crippen LogP contribution in [0.4, 0.5) is 0 Å². The van der Waals surface area contributed by atoms with Crippen LogP contribution in [0.15, 0.2) is 12.1 Å². The molecule has 0 aromatic heterocycles. The van der Waals surface area contributed by atoms with Gasteiger partial charge in [0.05, 0.1) is 11.2 Å². The molecule has 1 rings (SSSR count). The summed E-state index contributed by atoms with van der Waals surface area (Å²) >= 11 is 3.45. The van der Waals surface area contributed by atoms with Crippen molar-refractivity contribution in [1.29, 1.82) is 0 Å². The van der Waals surface area contributed by atoms with Crippen LogP contribution in [-0.2, 0) is 9.31 Å². The van der Waals surface area contributed by atoms with Gasteiger partial charge in [0, 0.05) is 5.33 Å². The molecule has 104 valence electrons. The summed E-state index contributed by atoms with van der Waals surface area (Å²) < 4.78 is 11.8. The zero-order valence-corrected chi connectivity index (χ0v) is 13.8. The average Bonchev–Trinajstić information content (AvgIpc) is 2.46. The van der Waals surface area contributed by atoms with Gasteiger partial charge in [-0.1, -0.05) is 40.8 Å². The zero-order valence-electron chi connectivity index (χ0n) is 12.2. The zero-order chi connectivity index (χ0) is 13.6. The van der Waals surface area contributed by atoms with E-state index < -0.39 is 0 Å². The number of halogens is 1. The molecule has 1 aliphatic rings. The number of alkyl halides is 1. The van der Waals surface area contributed by atoms with Crippen molar-refractivity contribution in [3.05, 3.63) is 12.1 Å². The second-order valence-corrected chi connectivity index (χ2v) is 6.74. The molecule has 0 radical (unpaired) electrons. The number of allylic oxidation sites excluding steroid dienone is 1. The van der Waals surface area contributed by atoms with Crippen molar-refractivity contribution in [2.75, 3.05) is 5.33 Å². The Morgan fingerprint density at radius 1 is 0.944 bits per heavy atom. The highest BCUT2D eigenvalue weighted by molar-refractivity contribution is 9.09. The second kappa shape index (κ2) is 7.11. The molecular weight excluding hydrogens is 291 g/mol. The smallest absolute Gasteiger partial charge is 0.400 e. The van der Waals surface area contributed by atoms with Crippen LogP contribution < -0.4 is 0 Å². The normalized spacial score (nSPS) is 21.9. The van der Waals surface area contributed by atoms with Gasteiger partial charge in [-0.2, -0.15) is 0 Å². The Labute approximate surface area is 121 Å². The molecule has 1 heterocycles. The standard InChI is InChI=1S/C14H26BBrO2/c1-13(2)14(3,4)18-15(17-13)11-9-7-5-6-8-10-12-16/h9,11H,5-8,10,12H2,1-4H3/b11-9+. The first-order chi connectivity index (χ1) is 8.39. The van der Waals surface area contributed by atoms with Crippen molar-refractivity contribution >= 4 is 23.0 Å². The highest BCUT2D eigenvalue weighted by atomic mass is 79.9. The first-order valence-corrected chi connectivity index (χ1v) is 8.09. The predicted octanol–water partition coefficient (Wildman–Crippen LogP) is 4.52. The molecule has 18 heavy (non-hydrogen) atoms. The summed E-state index contributed by atoms with van der Waals surface area (Å²) in [7, 11) is -0.183. The first-order valence-electron chi connectivity index (χ1n) is 6.97. The maximum absolute atomic E-state index is 5.89. The number of rotatable bonds is 7. The van der Waals surface area contributed by atoms with Gasteiger partial charge < -0.3 is 9.31 Å². The van der Waals surface area contributed by atoms with Gasteiger partial charge in [-0.05, 0) is 47.0 Å². The SMILES string of the molecule is CC1(C)OB(/C=C/CCCCCCBr)OC1(C)C. The van der Waals surface area contributed by atoms with Crippen LogP contribution in [0.3, 0.4) is 0 Å². The van der Waals surface area contributed by atoms with Crippen molar-refractivity contribution in [3.63, 3.8) is 0 Å². The Balaban J connectivity index is 2.20. The summed E-state index contributed by atoms with van der Waals surface area (Å²) in [6.07, 6.45) is 8.46. The van der Waals surface area contributed by atoms with Gasteiger partial charge >= 0.3 is 7.12 Å². The highest BCUT2D eigenvalue weighted by Crippen LogP contribution is 2.36. The Bertz CT molecular complexity index is 261. The summed E-state index contributed by atoms with van der Waals surface area (Å²) in [5.74, 6) is 2.06. The molecule has 0 amide bonds. The minimum absolute atomic E-state index is 0.183. The molecule has 1 fully saturated rings. The van der Waals surface area contributed by atoms with Crippen molar-refractivity contribution in [1.82, 2.24) is 0 Å². The molecule has 0 unspecified atom stereocenters. The lowest BCUT2D eigenvalue weighted by molar-refractivity contribution is 0.00578. The van der Waals surface area contributed by atoms with Crippen LogP contribution in [0.25, 0.3) is 0 Å². The minimum atomic E-state index is -0.224. The van der Waals surface area contributed by atoms with Crippen LogP contribution in [0.1, 0.15) is 59.8 Å². The van der Waals surface area contributed by atoms with E-state index in [1.54, 1.807) is 0 Å². The summed E-state index contributed by atoms with van der Waals surface area (Å²) in [5.41, 5.74) is -0.449.